The molecule has 0 saturated carbocycles. The lowest BCUT2D eigenvalue weighted by Gasteiger charge is -2.05. The molecule has 3 rings (SSSR count). The Morgan fingerprint density at radius 3 is 2.67 bits per heavy atom. The normalized spacial score (nSPS) is 12.0. The summed E-state index contributed by atoms with van der Waals surface area (Å²) in [4.78, 5) is 10.6. The third kappa shape index (κ3) is 2.72. The van der Waals surface area contributed by atoms with Crippen LogP contribution in [0, 0.1) is 5.82 Å². The van der Waals surface area contributed by atoms with Gasteiger partial charge >= 0.3 is 6.18 Å². The van der Waals surface area contributed by atoms with E-state index >= 15 is 0 Å². The van der Waals surface area contributed by atoms with E-state index in [4.69, 9.17) is 0 Å². The minimum absolute atomic E-state index is 0.157. The number of halogens is 4. The minimum atomic E-state index is -4.41. The van der Waals surface area contributed by atoms with Crippen LogP contribution < -0.4 is 0 Å². The van der Waals surface area contributed by atoms with Crippen molar-refractivity contribution in [2.24, 2.45) is 0 Å². The maximum Gasteiger partial charge on any atom is 0.416 e. The Morgan fingerprint density at radius 2 is 1.95 bits per heavy atom. The molecule has 3 nitrogen and oxygen atoms in total. The van der Waals surface area contributed by atoms with Crippen molar-refractivity contribution in [2.45, 2.75) is 12.6 Å². The summed E-state index contributed by atoms with van der Waals surface area (Å²) >= 11 is 0. The molecular formula is C14H9F4N3. The number of fused-ring (bicyclic) bond motifs is 1. The fourth-order valence-electron chi connectivity index (χ4n) is 2.05. The second-order valence-electron chi connectivity index (χ2n) is 4.56. The quantitative estimate of drug-likeness (QED) is 0.732. The number of hydrogen-bond acceptors (Lipinski definition) is 2. The van der Waals surface area contributed by atoms with Gasteiger partial charge in [0.2, 0.25) is 0 Å². The number of rotatable bonds is 2. The van der Waals surface area contributed by atoms with Crippen molar-refractivity contribution in [1.29, 1.82) is 0 Å². The smallest absolute Gasteiger partial charge is 0.342 e. The largest absolute Gasteiger partial charge is 0.416 e. The molecule has 0 saturated heterocycles. The lowest BCUT2D eigenvalue weighted by atomic mass is 10.2. The molecule has 0 aliphatic rings. The molecule has 0 amide bonds. The van der Waals surface area contributed by atoms with E-state index in [2.05, 4.69) is 15.0 Å². The van der Waals surface area contributed by atoms with E-state index in [-0.39, 0.29) is 11.9 Å². The Kier molecular flexibility index (Phi) is 3.12. The number of pyridine rings is 1. The van der Waals surface area contributed by atoms with Crippen LogP contribution in [0.25, 0.3) is 11.0 Å². The van der Waals surface area contributed by atoms with Gasteiger partial charge in [-0.3, -0.25) is 4.98 Å². The monoisotopic (exact) mass is 295 g/mol. The molecule has 2 aromatic heterocycles. The van der Waals surface area contributed by atoms with E-state index in [0.29, 0.717) is 16.9 Å². The lowest BCUT2D eigenvalue weighted by molar-refractivity contribution is -0.137. The highest BCUT2D eigenvalue weighted by atomic mass is 19.4. The highest BCUT2D eigenvalue weighted by Gasteiger charge is 2.30. The average Bonchev–Trinajstić information content (AvgIpc) is 2.81. The molecular weight excluding hydrogens is 286 g/mol. The van der Waals surface area contributed by atoms with Gasteiger partial charge in [-0.1, -0.05) is 0 Å². The second kappa shape index (κ2) is 4.83. The summed E-state index contributed by atoms with van der Waals surface area (Å²) in [7, 11) is 0. The first-order valence-corrected chi connectivity index (χ1v) is 6.08. The molecule has 2 heterocycles. The Balaban J connectivity index is 1.96. The van der Waals surface area contributed by atoms with Crippen molar-refractivity contribution in [3.05, 3.63) is 59.4 Å². The molecule has 0 bridgehead atoms. The van der Waals surface area contributed by atoms with Gasteiger partial charge in [0.05, 0.1) is 22.8 Å². The molecule has 0 fully saturated rings. The van der Waals surface area contributed by atoms with E-state index in [0.717, 1.165) is 18.3 Å². The van der Waals surface area contributed by atoms with E-state index in [1.165, 1.54) is 18.3 Å². The molecule has 1 N–H and O–H groups in total. The van der Waals surface area contributed by atoms with Crippen LogP contribution in [-0.2, 0) is 12.6 Å². The molecule has 7 heteroatoms. The zero-order valence-electron chi connectivity index (χ0n) is 10.6. The number of aromatic nitrogens is 3. The summed E-state index contributed by atoms with van der Waals surface area (Å²) < 4.78 is 51.4. The summed E-state index contributed by atoms with van der Waals surface area (Å²) in [6, 6.07) is 4.76. The van der Waals surface area contributed by atoms with E-state index in [1.807, 2.05) is 0 Å². The zero-order valence-corrected chi connectivity index (χ0v) is 10.6. The topological polar surface area (TPSA) is 41.6 Å². The molecule has 3 aromatic rings. The number of nitrogens with one attached hydrogen (secondary N) is 1. The maximum absolute atomic E-state index is 13.5. The first-order valence-electron chi connectivity index (χ1n) is 6.08. The molecule has 0 atom stereocenters. The van der Waals surface area contributed by atoms with Gasteiger partial charge in [-0.2, -0.15) is 13.2 Å². The van der Waals surface area contributed by atoms with Crippen molar-refractivity contribution in [2.75, 3.05) is 0 Å². The number of alkyl halides is 3. The van der Waals surface area contributed by atoms with Crippen LogP contribution in [0.2, 0.25) is 0 Å². The first-order chi connectivity index (χ1) is 9.93. The Labute approximate surface area is 116 Å². The Bertz CT molecular complexity index is 792. The van der Waals surface area contributed by atoms with E-state index in [9.17, 15) is 17.6 Å². The maximum atomic E-state index is 13.5. The number of imidazole rings is 1. The third-order valence-electron chi connectivity index (χ3n) is 3.07. The van der Waals surface area contributed by atoms with Crippen LogP contribution in [0.3, 0.4) is 0 Å². The Hall–Kier alpha value is -2.44. The highest BCUT2D eigenvalue weighted by molar-refractivity contribution is 5.76. The van der Waals surface area contributed by atoms with Gasteiger partial charge in [0.15, 0.2) is 0 Å². The van der Waals surface area contributed by atoms with Crippen LogP contribution in [-0.4, -0.2) is 15.0 Å². The van der Waals surface area contributed by atoms with Crippen molar-refractivity contribution < 1.29 is 17.6 Å². The number of benzene rings is 1. The fraction of sp³-hybridized carbons (Fsp3) is 0.143. The predicted molar refractivity (Wildman–Crippen MR) is 68.1 cm³/mol. The summed E-state index contributed by atoms with van der Waals surface area (Å²) in [5, 5.41) is 0. The summed E-state index contributed by atoms with van der Waals surface area (Å²) in [6.45, 7) is 0. The van der Waals surface area contributed by atoms with E-state index < -0.39 is 17.6 Å². The number of hydrogen-bond donors (Lipinski definition) is 1. The summed E-state index contributed by atoms with van der Waals surface area (Å²) in [5.74, 6) is -0.0802. The van der Waals surface area contributed by atoms with Crippen molar-refractivity contribution in [3.63, 3.8) is 0 Å². The van der Waals surface area contributed by atoms with Gasteiger partial charge in [0.1, 0.15) is 11.6 Å². The van der Waals surface area contributed by atoms with Crippen LogP contribution in [0.1, 0.15) is 17.0 Å². The Morgan fingerprint density at radius 1 is 1.14 bits per heavy atom. The third-order valence-corrected chi connectivity index (χ3v) is 3.07. The zero-order chi connectivity index (χ0) is 15.0. The summed E-state index contributed by atoms with van der Waals surface area (Å²) in [5.41, 5.74) is 0.308. The van der Waals surface area contributed by atoms with Crippen molar-refractivity contribution in [3.8, 4) is 0 Å². The standard InChI is InChI=1S/C14H9F4N3/c15-10-7-19-4-3-8(10)5-13-20-11-2-1-9(14(16,17)18)6-12(11)21-13/h1-4,6-7H,5H2,(H,20,21). The van der Waals surface area contributed by atoms with Gasteiger partial charge in [0.25, 0.3) is 0 Å². The lowest BCUT2D eigenvalue weighted by Crippen LogP contribution is -2.04. The molecule has 108 valence electrons. The van der Waals surface area contributed by atoms with E-state index in [1.54, 1.807) is 0 Å². The van der Waals surface area contributed by atoms with Gasteiger partial charge in [0, 0.05) is 12.6 Å². The summed E-state index contributed by atoms with van der Waals surface area (Å²) in [6.07, 6.45) is -1.72. The van der Waals surface area contributed by atoms with Gasteiger partial charge < -0.3 is 4.98 Å². The SMILES string of the molecule is Fc1cnccc1Cc1nc2ccc(C(F)(F)F)cc2[nH]1. The van der Waals surface area contributed by atoms with Gasteiger partial charge in [-0.05, 0) is 29.8 Å². The second-order valence-corrected chi connectivity index (χ2v) is 4.56. The highest BCUT2D eigenvalue weighted by Crippen LogP contribution is 2.31. The molecule has 0 unspecified atom stereocenters. The van der Waals surface area contributed by atoms with Crippen LogP contribution in [0.4, 0.5) is 17.6 Å². The first kappa shape index (κ1) is 13.5. The number of H-pyrrole nitrogens is 1. The fourth-order valence-corrected chi connectivity index (χ4v) is 2.05. The number of aromatic amines is 1. The van der Waals surface area contributed by atoms with Crippen molar-refractivity contribution in [1.82, 2.24) is 15.0 Å². The predicted octanol–water partition coefficient (Wildman–Crippen LogP) is 3.71. The molecule has 21 heavy (non-hydrogen) atoms. The average molecular weight is 295 g/mol. The molecule has 0 radical (unpaired) electrons. The van der Waals surface area contributed by atoms with Crippen LogP contribution in [0.5, 0.6) is 0 Å². The minimum Gasteiger partial charge on any atom is -0.342 e. The molecule has 1 aromatic carbocycles. The van der Waals surface area contributed by atoms with Gasteiger partial charge in [-0.25, -0.2) is 9.37 Å². The molecule has 0 aliphatic heterocycles. The molecule has 0 spiro atoms. The molecule has 0 aliphatic carbocycles. The van der Waals surface area contributed by atoms with Crippen molar-refractivity contribution >= 4 is 11.0 Å². The number of nitrogens with zero attached hydrogens (tertiary/aromatic N) is 2. The van der Waals surface area contributed by atoms with Crippen LogP contribution >= 0.6 is 0 Å². The van der Waals surface area contributed by atoms with Crippen LogP contribution in [0.15, 0.2) is 36.7 Å². The van der Waals surface area contributed by atoms with Gasteiger partial charge in [-0.15, -0.1) is 0 Å².